The summed E-state index contributed by atoms with van der Waals surface area (Å²) in [6.07, 6.45) is 4.89. The molecule has 112 valence electrons. The highest BCUT2D eigenvalue weighted by Gasteiger charge is 2.28. The molecule has 2 N–H and O–H groups in total. The van der Waals surface area contributed by atoms with Crippen LogP contribution >= 0.6 is 0 Å². The number of piperidine rings is 1. The van der Waals surface area contributed by atoms with Crippen LogP contribution in [0.4, 0.5) is 5.69 Å². The third-order valence-corrected chi connectivity index (χ3v) is 5.06. The molecule has 0 aliphatic carbocycles. The van der Waals surface area contributed by atoms with Gasteiger partial charge in [0.15, 0.2) is 0 Å². The molecule has 0 bridgehead atoms. The van der Waals surface area contributed by atoms with Crippen molar-refractivity contribution in [3.05, 3.63) is 29.3 Å². The van der Waals surface area contributed by atoms with Crippen molar-refractivity contribution in [3.8, 4) is 0 Å². The Morgan fingerprint density at radius 2 is 1.95 bits per heavy atom. The molecule has 2 nitrogen and oxygen atoms in total. The first-order valence-corrected chi connectivity index (χ1v) is 8.03. The molecule has 1 fully saturated rings. The van der Waals surface area contributed by atoms with E-state index in [4.69, 9.17) is 5.73 Å². The van der Waals surface area contributed by atoms with Gasteiger partial charge in [-0.05, 0) is 61.8 Å². The second-order valence-electron chi connectivity index (χ2n) is 6.94. The second-order valence-corrected chi connectivity index (χ2v) is 6.94. The second kappa shape index (κ2) is 6.17. The van der Waals surface area contributed by atoms with Crippen LogP contribution in [-0.2, 0) is 6.42 Å². The molecular weight excluding hydrogens is 244 g/mol. The van der Waals surface area contributed by atoms with Gasteiger partial charge >= 0.3 is 0 Å². The van der Waals surface area contributed by atoms with Gasteiger partial charge in [-0.3, -0.25) is 0 Å². The zero-order valence-corrected chi connectivity index (χ0v) is 13.6. The van der Waals surface area contributed by atoms with E-state index in [1.54, 1.807) is 0 Å². The SMILES string of the molecule is CCC1(C)CCN(c2ccc(CC(C)N)c(C)c2)CC1. The molecule has 0 spiro atoms. The van der Waals surface area contributed by atoms with Crippen LogP contribution in [0.3, 0.4) is 0 Å². The maximum absolute atomic E-state index is 5.91. The lowest BCUT2D eigenvalue weighted by Crippen LogP contribution is -2.38. The number of hydrogen-bond acceptors (Lipinski definition) is 2. The zero-order valence-electron chi connectivity index (χ0n) is 13.6. The molecule has 0 amide bonds. The Labute approximate surface area is 124 Å². The van der Waals surface area contributed by atoms with Crippen molar-refractivity contribution in [3.63, 3.8) is 0 Å². The lowest BCUT2D eigenvalue weighted by Gasteiger charge is -2.40. The summed E-state index contributed by atoms with van der Waals surface area (Å²) in [4.78, 5) is 2.54. The summed E-state index contributed by atoms with van der Waals surface area (Å²) in [5.74, 6) is 0. The first kappa shape index (κ1) is 15.4. The standard InChI is InChI=1S/C18H30N2/c1-5-18(4)8-10-20(11-9-18)17-7-6-16(13-15(3)19)14(2)12-17/h6-7,12,15H,5,8-11,13,19H2,1-4H3. The van der Waals surface area contributed by atoms with Gasteiger partial charge < -0.3 is 10.6 Å². The van der Waals surface area contributed by atoms with E-state index in [9.17, 15) is 0 Å². The summed E-state index contributed by atoms with van der Waals surface area (Å²) >= 11 is 0. The maximum atomic E-state index is 5.91. The van der Waals surface area contributed by atoms with Crippen molar-refractivity contribution in [2.45, 2.75) is 59.4 Å². The molecule has 2 rings (SSSR count). The molecule has 1 aliphatic rings. The predicted octanol–water partition coefficient (Wildman–Crippen LogP) is 3.90. The minimum Gasteiger partial charge on any atom is -0.371 e. The third-order valence-electron chi connectivity index (χ3n) is 5.06. The molecule has 1 atom stereocenters. The van der Waals surface area contributed by atoms with Gasteiger partial charge in [0.05, 0.1) is 0 Å². The monoisotopic (exact) mass is 274 g/mol. The Balaban J connectivity index is 2.06. The Morgan fingerprint density at radius 3 is 2.45 bits per heavy atom. The lowest BCUT2D eigenvalue weighted by atomic mass is 9.78. The number of aryl methyl sites for hydroxylation is 1. The van der Waals surface area contributed by atoms with E-state index in [0.29, 0.717) is 5.41 Å². The first-order valence-electron chi connectivity index (χ1n) is 8.03. The van der Waals surface area contributed by atoms with Crippen molar-refractivity contribution >= 4 is 5.69 Å². The van der Waals surface area contributed by atoms with E-state index >= 15 is 0 Å². The van der Waals surface area contributed by atoms with E-state index in [0.717, 1.165) is 6.42 Å². The van der Waals surface area contributed by atoms with Gasteiger partial charge in [0, 0.05) is 24.8 Å². The van der Waals surface area contributed by atoms with Gasteiger partial charge in [-0.2, -0.15) is 0 Å². The topological polar surface area (TPSA) is 29.3 Å². The van der Waals surface area contributed by atoms with Crippen LogP contribution < -0.4 is 10.6 Å². The van der Waals surface area contributed by atoms with E-state index in [-0.39, 0.29) is 6.04 Å². The van der Waals surface area contributed by atoms with E-state index in [1.807, 2.05) is 0 Å². The average Bonchev–Trinajstić information content (AvgIpc) is 2.42. The summed E-state index contributed by atoms with van der Waals surface area (Å²) in [5, 5.41) is 0. The normalized spacial score (nSPS) is 19.9. The Morgan fingerprint density at radius 1 is 1.30 bits per heavy atom. The van der Waals surface area contributed by atoms with Crippen molar-refractivity contribution in [2.75, 3.05) is 18.0 Å². The van der Waals surface area contributed by atoms with Gasteiger partial charge in [-0.1, -0.05) is 26.3 Å². The van der Waals surface area contributed by atoms with E-state index in [2.05, 4.69) is 50.8 Å². The highest BCUT2D eigenvalue weighted by molar-refractivity contribution is 5.51. The highest BCUT2D eigenvalue weighted by Crippen LogP contribution is 2.35. The van der Waals surface area contributed by atoms with Crippen LogP contribution in [-0.4, -0.2) is 19.1 Å². The Bertz CT molecular complexity index is 443. The van der Waals surface area contributed by atoms with E-state index in [1.165, 1.54) is 49.2 Å². The number of rotatable bonds is 4. The zero-order chi connectivity index (χ0) is 14.8. The van der Waals surface area contributed by atoms with Gasteiger partial charge in [0.1, 0.15) is 0 Å². The molecule has 2 heteroatoms. The van der Waals surface area contributed by atoms with Crippen molar-refractivity contribution in [2.24, 2.45) is 11.1 Å². The Hall–Kier alpha value is -1.02. The quantitative estimate of drug-likeness (QED) is 0.902. The Kier molecular flexibility index (Phi) is 4.74. The highest BCUT2D eigenvalue weighted by atomic mass is 15.1. The number of hydrogen-bond donors (Lipinski definition) is 1. The van der Waals surface area contributed by atoms with Gasteiger partial charge in [-0.25, -0.2) is 0 Å². The third kappa shape index (κ3) is 3.54. The molecule has 0 radical (unpaired) electrons. The van der Waals surface area contributed by atoms with Gasteiger partial charge in [0.25, 0.3) is 0 Å². The fraction of sp³-hybridized carbons (Fsp3) is 0.667. The molecule has 1 aliphatic heterocycles. The summed E-state index contributed by atoms with van der Waals surface area (Å²) < 4.78 is 0. The van der Waals surface area contributed by atoms with Crippen molar-refractivity contribution in [1.29, 1.82) is 0 Å². The minimum absolute atomic E-state index is 0.236. The molecular formula is C18H30N2. The number of nitrogens with two attached hydrogens (primary N) is 1. The number of benzene rings is 1. The van der Waals surface area contributed by atoms with Crippen LogP contribution in [0.25, 0.3) is 0 Å². The summed E-state index contributed by atoms with van der Waals surface area (Å²) in [5.41, 5.74) is 10.6. The molecule has 0 aromatic heterocycles. The largest absolute Gasteiger partial charge is 0.371 e. The lowest BCUT2D eigenvalue weighted by molar-refractivity contribution is 0.238. The molecule has 20 heavy (non-hydrogen) atoms. The fourth-order valence-corrected chi connectivity index (χ4v) is 3.11. The predicted molar refractivity (Wildman–Crippen MR) is 88.4 cm³/mol. The van der Waals surface area contributed by atoms with E-state index < -0.39 is 0 Å². The minimum atomic E-state index is 0.236. The van der Waals surface area contributed by atoms with Crippen LogP contribution in [0.1, 0.15) is 51.2 Å². The average molecular weight is 274 g/mol. The van der Waals surface area contributed by atoms with Crippen molar-refractivity contribution < 1.29 is 0 Å². The molecule has 1 saturated heterocycles. The molecule has 1 aromatic rings. The maximum Gasteiger partial charge on any atom is 0.0369 e. The van der Waals surface area contributed by atoms with Crippen LogP contribution in [0.15, 0.2) is 18.2 Å². The smallest absolute Gasteiger partial charge is 0.0369 e. The fourth-order valence-electron chi connectivity index (χ4n) is 3.11. The van der Waals surface area contributed by atoms with Gasteiger partial charge in [-0.15, -0.1) is 0 Å². The van der Waals surface area contributed by atoms with Gasteiger partial charge in [0.2, 0.25) is 0 Å². The van der Waals surface area contributed by atoms with Crippen LogP contribution in [0, 0.1) is 12.3 Å². The molecule has 1 aromatic carbocycles. The number of nitrogens with zero attached hydrogens (tertiary/aromatic N) is 1. The molecule has 1 unspecified atom stereocenters. The van der Waals surface area contributed by atoms with Crippen LogP contribution in [0.2, 0.25) is 0 Å². The molecule has 1 heterocycles. The van der Waals surface area contributed by atoms with Crippen LogP contribution in [0.5, 0.6) is 0 Å². The summed E-state index contributed by atoms with van der Waals surface area (Å²) in [7, 11) is 0. The summed E-state index contributed by atoms with van der Waals surface area (Å²) in [6, 6.07) is 7.12. The number of anilines is 1. The first-order chi connectivity index (χ1) is 9.43. The molecule has 0 saturated carbocycles. The summed E-state index contributed by atoms with van der Waals surface area (Å²) in [6.45, 7) is 11.4. The van der Waals surface area contributed by atoms with Crippen molar-refractivity contribution in [1.82, 2.24) is 0 Å².